The smallest absolute Gasteiger partial charge is 0.234 e. The summed E-state index contributed by atoms with van der Waals surface area (Å²) >= 11 is 0. The van der Waals surface area contributed by atoms with Crippen LogP contribution in [0.25, 0.3) is 0 Å². The fourth-order valence-electron chi connectivity index (χ4n) is 1.52. The molecule has 0 atom stereocenters. The third-order valence-corrected chi connectivity index (χ3v) is 7.40. The fraction of sp³-hybridized carbons (Fsp3) is 0.889. The number of rotatable bonds is 7. The summed E-state index contributed by atoms with van der Waals surface area (Å²) in [5, 5.41) is 0. The zero-order valence-corrected chi connectivity index (χ0v) is 9.80. The van der Waals surface area contributed by atoms with Crippen LogP contribution in [-0.4, -0.2) is 28.1 Å². The molecule has 13 heavy (non-hydrogen) atoms. The molecular weight excluding hydrogens is 182 g/mol. The van der Waals surface area contributed by atoms with Gasteiger partial charge in [0.1, 0.15) is 0 Å². The zero-order chi connectivity index (χ0) is 10.2. The van der Waals surface area contributed by atoms with Gasteiger partial charge < -0.3 is 4.43 Å². The Bertz CT molecular complexity index is 166. The molecule has 0 spiro atoms. The van der Waals surface area contributed by atoms with Crippen LogP contribution in [0.4, 0.5) is 0 Å². The van der Waals surface area contributed by atoms with Gasteiger partial charge in [-0.15, -0.1) is 0 Å². The van der Waals surface area contributed by atoms with E-state index in [2.05, 4.69) is 18.8 Å². The van der Waals surface area contributed by atoms with E-state index < -0.39 is 8.32 Å². The maximum Gasteiger partial charge on any atom is 0.234 e. The molecular formula is C9H19NO2Si. The first kappa shape index (κ1) is 12.6. The van der Waals surface area contributed by atoms with Gasteiger partial charge in [0.25, 0.3) is 0 Å². The molecule has 0 unspecified atom stereocenters. The lowest BCUT2D eigenvalue weighted by atomic mass is 10.5. The Hall–Kier alpha value is -0.443. The topological polar surface area (TPSA) is 38.7 Å². The number of hydrogen-bond donors (Lipinski definition) is 0. The van der Waals surface area contributed by atoms with Crippen molar-refractivity contribution in [1.29, 1.82) is 0 Å². The molecule has 0 radical (unpaired) electrons. The molecule has 0 aromatic carbocycles. The number of aliphatic imine (C=N–C) groups is 1. The van der Waals surface area contributed by atoms with Gasteiger partial charge in [-0.3, -0.25) is 0 Å². The summed E-state index contributed by atoms with van der Waals surface area (Å²) < 4.78 is 5.62. The van der Waals surface area contributed by atoms with E-state index in [1.54, 1.807) is 6.08 Å². The first-order valence-corrected chi connectivity index (χ1v) is 7.36. The summed E-state index contributed by atoms with van der Waals surface area (Å²) in [5.41, 5.74) is 0. The third kappa shape index (κ3) is 4.36. The third-order valence-electron chi connectivity index (χ3n) is 2.69. The Balaban J connectivity index is 3.87. The first-order valence-electron chi connectivity index (χ1n) is 4.83. The molecule has 0 aliphatic carbocycles. The minimum atomic E-state index is -1.46. The summed E-state index contributed by atoms with van der Waals surface area (Å²) in [4.78, 5) is 13.4. The second-order valence-electron chi connectivity index (χ2n) is 3.17. The van der Waals surface area contributed by atoms with Crippen LogP contribution in [-0.2, 0) is 9.22 Å². The molecule has 3 nitrogen and oxygen atoms in total. The largest absolute Gasteiger partial charge is 0.420 e. The van der Waals surface area contributed by atoms with Gasteiger partial charge in [-0.1, -0.05) is 13.8 Å². The highest BCUT2D eigenvalue weighted by molar-refractivity contribution is 6.73. The van der Waals surface area contributed by atoms with Gasteiger partial charge in [-0.05, 0) is 24.6 Å². The van der Waals surface area contributed by atoms with Crippen LogP contribution in [0.3, 0.4) is 0 Å². The summed E-state index contributed by atoms with van der Waals surface area (Å²) in [6.45, 7) is 4.96. The maximum atomic E-state index is 9.83. The highest BCUT2D eigenvalue weighted by Gasteiger charge is 2.28. The van der Waals surface area contributed by atoms with Crippen molar-refractivity contribution < 1.29 is 9.22 Å². The average molecular weight is 201 g/mol. The SMILES string of the molecule is CC[Si](CC)(CCCN=C=O)OC. The second kappa shape index (κ2) is 7.01. The minimum absolute atomic E-state index is 0.599. The number of hydrogen-bond acceptors (Lipinski definition) is 3. The second-order valence-corrected chi connectivity index (χ2v) is 7.86. The van der Waals surface area contributed by atoms with Crippen molar-refractivity contribution in [2.45, 2.75) is 38.4 Å². The number of nitrogens with zero attached hydrogens (tertiary/aromatic N) is 1. The van der Waals surface area contributed by atoms with Gasteiger partial charge in [0.2, 0.25) is 6.08 Å². The van der Waals surface area contributed by atoms with Crippen molar-refractivity contribution in [2.24, 2.45) is 4.99 Å². The Morgan fingerprint density at radius 1 is 1.38 bits per heavy atom. The predicted molar refractivity (Wildman–Crippen MR) is 56.1 cm³/mol. The Morgan fingerprint density at radius 3 is 2.38 bits per heavy atom. The Labute approximate surface area is 81.3 Å². The van der Waals surface area contributed by atoms with Crippen molar-refractivity contribution in [3.63, 3.8) is 0 Å². The highest BCUT2D eigenvalue weighted by atomic mass is 28.4. The number of isocyanates is 1. The van der Waals surface area contributed by atoms with Crippen LogP contribution in [0.1, 0.15) is 20.3 Å². The summed E-state index contributed by atoms with van der Waals surface area (Å²) in [5.74, 6) is 0. The normalized spacial score (nSPS) is 11.0. The van der Waals surface area contributed by atoms with Gasteiger partial charge in [0.15, 0.2) is 8.32 Å². The molecule has 0 bridgehead atoms. The molecule has 0 fully saturated rings. The van der Waals surface area contributed by atoms with Gasteiger partial charge >= 0.3 is 0 Å². The average Bonchev–Trinajstić information content (AvgIpc) is 2.20. The highest BCUT2D eigenvalue weighted by Crippen LogP contribution is 2.22. The maximum absolute atomic E-state index is 9.83. The molecule has 76 valence electrons. The van der Waals surface area contributed by atoms with E-state index >= 15 is 0 Å². The van der Waals surface area contributed by atoms with Crippen molar-refractivity contribution >= 4 is 14.4 Å². The summed E-state index contributed by atoms with van der Waals surface area (Å²) in [6, 6.07) is 3.39. The molecule has 4 heteroatoms. The summed E-state index contributed by atoms with van der Waals surface area (Å²) in [6.07, 6.45) is 2.51. The lowest BCUT2D eigenvalue weighted by Gasteiger charge is -2.26. The molecule has 0 aliphatic heterocycles. The van der Waals surface area contributed by atoms with Crippen molar-refractivity contribution in [3.05, 3.63) is 0 Å². The van der Waals surface area contributed by atoms with E-state index in [1.807, 2.05) is 7.11 Å². The van der Waals surface area contributed by atoms with E-state index in [1.165, 1.54) is 0 Å². The molecule has 0 saturated heterocycles. The molecule has 0 N–H and O–H groups in total. The standard InChI is InChI=1S/C9H19NO2Si/c1-4-13(5-2,12-3)8-6-7-10-9-11/h4-8H2,1-3H3. The molecule has 0 aromatic heterocycles. The zero-order valence-electron chi connectivity index (χ0n) is 8.80. The molecule has 0 rings (SSSR count). The van der Waals surface area contributed by atoms with Crippen LogP contribution in [0, 0.1) is 0 Å². The van der Waals surface area contributed by atoms with Crippen molar-refractivity contribution in [2.75, 3.05) is 13.7 Å². The quantitative estimate of drug-likeness (QED) is 0.274. The van der Waals surface area contributed by atoms with Crippen LogP contribution in [0.5, 0.6) is 0 Å². The van der Waals surface area contributed by atoms with E-state index in [-0.39, 0.29) is 0 Å². The lowest BCUT2D eigenvalue weighted by Crippen LogP contribution is -2.35. The van der Waals surface area contributed by atoms with Crippen LogP contribution < -0.4 is 0 Å². The van der Waals surface area contributed by atoms with E-state index in [0.717, 1.165) is 24.6 Å². The molecule has 0 saturated carbocycles. The Morgan fingerprint density at radius 2 is 2.00 bits per heavy atom. The van der Waals surface area contributed by atoms with Gasteiger partial charge in [0.05, 0.1) is 6.54 Å². The van der Waals surface area contributed by atoms with Crippen LogP contribution in [0.2, 0.25) is 18.1 Å². The van der Waals surface area contributed by atoms with Crippen molar-refractivity contribution in [3.8, 4) is 0 Å². The molecule has 0 aromatic rings. The monoisotopic (exact) mass is 201 g/mol. The summed E-state index contributed by atoms with van der Waals surface area (Å²) in [7, 11) is 0.351. The predicted octanol–water partition coefficient (Wildman–Crippen LogP) is 2.34. The number of carbonyl (C=O) groups excluding carboxylic acids is 1. The van der Waals surface area contributed by atoms with E-state index in [9.17, 15) is 4.79 Å². The van der Waals surface area contributed by atoms with Gasteiger partial charge in [0, 0.05) is 7.11 Å². The molecule has 0 aliphatic rings. The van der Waals surface area contributed by atoms with Crippen LogP contribution in [0.15, 0.2) is 4.99 Å². The van der Waals surface area contributed by atoms with E-state index in [0.29, 0.717) is 6.54 Å². The van der Waals surface area contributed by atoms with Crippen molar-refractivity contribution in [1.82, 2.24) is 0 Å². The minimum Gasteiger partial charge on any atom is -0.420 e. The van der Waals surface area contributed by atoms with Crippen LogP contribution >= 0.6 is 0 Å². The van der Waals surface area contributed by atoms with Gasteiger partial charge in [-0.25, -0.2) is 9.79 Å². The van der Waals surface area contributed by atoms with E-state index in [4.69, 9.17) is 4.43 Å². The molecule has 0 amide bonds. The fourth-order valence-corrected chi connectivity index (χ4v) is 4.31. The lowest BCUT2D eigenvalue weighted by molar-refractivity contribution is 0.390. The first-order chi connectivity index (χ1) is 6.24. The molecule has 0 heterocycles. The Kier molecular flexibility index (Phi) is 6.77. The van der Waals surface area contributed by atoms with Gasteiger partial charge in [-0.2, -0.15) is 0 Å².